The van der Waals surface area contributed by atoms with Gasteiger partial charge in [-0.3, -0.25) is 19.2 Å². The van der Waals surface area contributed by atoms with Crippen LogP contribution >= 0.6 is 0 Å². The minimum absolute atomic E-state index is 0.138. The molecule has 14 nitrogen and oxygen atoms in total. The Balaban J connectivity index is 2.85. The molecule has 238 valence electrons. The second kappa shape index (κ2) is 12.2. The number of Topliss-reactive ketones (excluding diaryl/α,β-unsaturated/α-hetero) is 4. The van der Waals surface area contributed by atoms with Crippen molar-refractivity contribution in [1.82, 2.24) is 0 Å². The molecule has 44 heavy (non-hydrogen) atoms. The van der Waals surface area contributed by atoms with Crippen molar-refractivity contribution in [2.75, 3.05) is 18.1 Å². The highest BCUT2D eigenvalue weighted by Crippen LogP contribution is 2.32. The molecule has 14 heteroatoms. The zero-order valence-electron chi connectivity index (χ0n) is 25.0. The van der Waals surface area contributed by atoms with Gasteiger partial charge in [-0.25, -0.2) is 9.59 Å². The molecule has 2 atom stereocenters. The Morgan fingerprint density at radius 3 is 1.09 bits per heavy atom. The molecule has 0 heterocycles. The van der Waals surface area contributed by atoms with Crippen molar-refractivity contribution in [2.24, 2.45) is 0 Å². The fourth-order valence-electron chi connectivity index (χ4n) is 3.81. The number of hydrogen-bond acceptors (Lipinski definition) is 14. The van der Waals surface area contributed by atoms with Crippen LogP contribution in [0.5, 0.6) is 0 Å². The van der Waals surface area contributed by atoms with Crippen LogP contribution in [0.1, 0.15) is 62.3 Å². The Bertz CT molecular complexity index is 1360. The van der Waals surface area contributed by atoms with Crippen LogP contribution in [-0.4, -0.2) is 90.1 Å². The van der Waals surface area contributed by atoms with Crippen molar-refractivity contribution < 1.29 is 58.7 Å². The zero-order valence-corrected chi connectivity index (χ0v) is 25.0. The monoisotopic (exact) mass is 616 g/mol. The number of rotatable bonds is 11. The summed E-state index contributed by atoms with van der Waals surface area (Å²) < 4.78 is 10.1. The topological polar surface area (TPSA) is 254 Å². The maximum absolute atomic E-state index is 13.9. The van der Waals surface area contributed by atoms with Gasteiger partial charge >= 0.3 is 11.9 Å². The normalized spacial score (nSPS) is 16.0. The van der Waals surface area contributed by atoms with Crippen LogP contribution in [0.15, 0.2) is 48.5 Å². The standard InChI is InChI=1S/C30H36N2O12/c1-26(2,3)43-24(38)29(41,20(34)16-7-11-18(31)12-8-16)22(36)28(40,15-33)23(37)30(42,25(39)44-27(4,5)6)21(35)17-9-13-19(32)14-10-17/h7-14,33,40-42H,15,31-32H2,1-6H3. The lowest BCUT2D eigenvalue weighted by Crippen LogP contribution is -2.72. The quantitative estimate of drug-likeness (QED) is 0.0836. The summed E-state index contributed by atoms with van der Waals surface area (Å²) in [5, 5.41) is 44.5. The summed E-state index contributed by atoms with van der Waals surface area (Å²) in [6.45, 7) is 5.79. The highest BCUT2D eigenvalue weighted by molar-refractivity contribution is 6.41. The molecule has 0 fully saturated rings. The number of nitrogens with two attached hydrogens (primary N) is 2. The Morgan fingerprint density at radius 1 is 0.591 bits per heavy atom. The molecule has 0 radical (unpaired) electrons. The SMILES string of the molecule is CC(C)(C)OC(=O)C(O)(C(=O)c1ccc(N)cc1)C(=O)C(O)(CO)C(=O)C(O)(C(=O)OC(C)(C)C)C(=O)c1ccc(N)cc1. The van der Waals surface area contributed by atoms with Gasteiger partial charge in [0.15, 0.2) is 0 Å². The third-order valence-corrected chi connectivity index (χ3v) is 6.03. The molecule has 0 aliphatic heterocycles. The van der Waals surface area contributed by atoms with Crippen molar-refractivity contribution >= 4 is 46.4 Å². The smallest absolute Gasteiger partial charge is 0.355 e. The van der Waals surface area contributed by atoms with Gasteiger partial charge in [0.05, 0.1) is 6.61 Å². The van der Waals surface area contributed by atoms with Gasteiger partial charge in [0, 0.05) is 22.5 Å². The maximum Gasteiger partial charge on any atom is 0.355 e. The van der Waals surface area contributed by atoms with Gasteiger partial charge in [-0.15, -0.1) is 0 Å². The Hall–Kier alpha value is -4.50. The van der Waals surface area contributed by atoms with Crippen LogP contribution < -0.4 is 11.5 Å². The lowest BCUT2D eigenvalue weighted by Gasteiger charge is -2.36. The maximum atomic E-state index is 13.9. The molecule has 0 spiro atoms. The molecular weight excluding hydrogens is 580 g/mol. The molecule has 0 amide bonds. The van der Waals surface area contributed by atoms with Crippen LogP contribution in [0, 0.1) is 0 Å². The lowest BCUT2D eigenvalue weighted by atomic mass is 9.72. The number of ketones is 4. The fourth-order valence-corrected chi connectivity index (χ4v) is 3.81. The molecule has 8 N–H and O–H groups in total. The number of anilines is 2. The molecule has 2 aromatic rings. The van der Waals surface area contributed by atoms with Crippen molar-refractivity contribution in [3.8, 4) is 0 Å². The number of carbonyl (C=O) groups excluding carboxylic acids is 6. The second-order valence-electron chi connectivity index (χ2n) is 12.0. The molecule has 2 rings (SSSR count). The molecule has 2 aromatic carbocycles. The van der Waals surface area contributed by atoms with Gasteiger partial charge in [0.1, 0.15) is 11.2 Å². The Kier molecular flexibility index (Phi) is 9.93. The average Bonchev–Trinajstić information content (AvgIpc) is 2.93. The first-order chi connectivity index (χ1) is 19.9. The van der Waals surface area contributed by atoms with E-state index in [2.05, 4.69) is 0 Å². The molecular formula is C30H36N2O12. The van der Waals surface area contributed by atoms with E-state index in [1.165, 1.54) is 65.8 Å². The predicted octanol–water partition coefficient (Wildman–Crippen LogP) is -0.0762. The highest BCUT2D eigenvalue weighted by atomic mass is 16.6. The molecule has 0 bridgehead atoms. The van der Waals surface area contributed by atoms with Gasteiger partial charge in [0.25, 0.3) is 11.2 Å². The van der Waals surface area contributed by atoms with E-state index in [0.717, 1.165) is 24.3 Å². The average molecular weight is 617 g/mol. The lowest BCUT2D eigenvalue weighted by molar-refractivity contribution is -0.189. The third-order valence-electron chi connectivity index (χ3n) is 6.03. The third kappa shape index (κ3) is 7.00. The predicted molar refractivity (Wildman–Crippen MR) is 154 cm³/mol. The van der Waals surface area contributed by atoms with Gasteiger partial charge in [0.2, 0.25) is 28.7 Å². The van der Waals surface area contributed by atoms with E-state index in [9.17, 15) is 49.2 Å². The van der Waals surface area contributed by atoms with E-state index < -0.39 is 80.8 Å². The van der Waals surface area contributed by atoms with E-state index in [1.807, 2.05) is 0 Å². The summed E-state index contributed by atoms with van der Waals surface area (Å²) in [4.78, 5) is 81.4. The van der Waals surface area contributed by atoms with Crippen LogP contribution in [0.25, 0.3) is 0 Å². The van der Waals surface area contributed by atoms with Gasteiger partial charge in [-0.2, -0.15) is 0 Å². The summed E-state index contributed by atoms with van der Waals surface area (Å²) in [6, 6.07) is 8.69. The number of benzene rings is 2. The summed E-state index contributed by atoms with van der Waals surface area (Å²) >= 11 is 0. The number of ether oxygens (including phenoxy) is 2. The zero-order chi connectivity index (χ0) is 34.1. The van der Waals surface area contributed by atoms with E-state index in [1.54, 1.807) is 0 Å². The first-order valence-electron chi connectivity index (χ1n) is 13.1. The summed E-state index contributed by atoms with van der Waals surface area (Å²) in [7, 11) is 0. The van der Waals surface area contributed by atoms with Crippen LogP contribution in [0.3, 0.4) is 0 Å². The minimum Gasteiger partial charge on any atom is -0.457 e. The van der Waals surface area contributed by atoms with Crippen LogP contribution in [0.4, 0.5) is 11.4 Å². The molecule has 0 aliphatic carbocycles. The second-order valence-corrected chi connectivity index (χ2v) is 12.0. The van der Waals surface area contributed by atoms with Crippen molar-refractivity contribution in [1.29, 1.82) is 0 Å². The number of nitrogen functional groups attached to an aromatic ring is 2. The minimum atomic E-state index is -4.16. The number of aliphatic hydroxyl groups is 4. The summed E-state index contributed by atoms with van der Waals surface area (Å²) in [5.41, 5.74) is -4.80. The molecule has 2 unspecified atom stereocenters. The van der Waals surface area contributed by atoms with Gasteiger partial charge < -0.3 is 41.4 Å². The first-order valence-corrected chi connectivity index (χ1v) is 13.1. The van der Waals surface area contributed by atoms with E-state index in [-0.39, 0.29) is 11.4 Å². The van der Waals surface area contributed by atoms with E-state index in [4.69, 9.17) is 20.9 Å². The number of hydrogen-bond donors (Lipinski definition) is 6. The molecule has 0 saturated heterocycles. The van der Waals surface area contributed by atoms with Gasteiger partial charge in [-0.1, -0.05) is 0 Å². The van der Waals surface area contributed by atoms with E-state index >= 15 is 0 Å². The van der Waals surface area contributed by atoms with Crippen molar-refractivity contribution in [3.05, 3.63) is 59.7 Å². The number of aliphatic hydroxyl groups excluding tert-OH is 1. The highest BCUT2D eigenvalue weighted by Gasteiger charge is 2.69. The molecule has 0 aliphatic rings. The largest absolute Gasteiger partial charge is 0.457 e. The fraction of sp³-hybridized carbons (Fsp3) is 0.400. The van der Waals surface area contributed by atoms with Gasteiger partial charge in [-0.05, 0) is 90.1 Å². The van der Waals surface area contributed by atoms with Crippen molar-refractivity contribution in [3.63, 3.8) is 0 Å². The summed E-state index contributed by atoms with van der Waals surface area (Å²) in [5.74, 6) is -12.3. The first kappa shape index (κ1) is 35.7. The van der Waals surface area contributed by atoms with E-state index in [0.29, 0.717) is 0 Å². The Labute approximate surface area is 252 Å². The van der Waals surface area contributed by atoms with Crippen molar-refractivity contribution in [2.45, 2.75) is 69.5 Å². The van der Waals surface area contributed by atoms with Crippen LogP contribution in [0.2, 0.25) is 0 Å². The number of esters is 2. The summed E-state index contributed by atoms with van der Waals surface area (Å²) in [6.07, 6.45) is 0. The van der Waals surface area contributed by atoms with Crippen LogP contribution in [-0.2, 0) is 28.7 Å². The molecule has 0 saturated carbocycles. The Morgan fingerprint density at radius 2 is 0.864 bits per heavy atom. The molecule has 0 aromatic heterocycles. The number of carbonyl (C=O) groups is 6.